The lowest BCUT2D eigenvalue weighted by atomic mass is 9.95. The summed E-state index contributed by atoms with van der Waals surface area (Å²) in [4.78, 5) is 17.2. The molecule has 3 rings (SSSR count). The van der Waals surface area contributed by atoms with Crippen molar-refractivity contribution in [2.75, 3.05) is 6.54 Å². The SMILES string of the molecule is NC(=O)c1nc(CN2CCCC[C@H]2c2cccc(F)c2)no1. The highest BCUT2D eigenvalue weighted by atomic mass is 19.1. The molecule has 116 valence electrons. The Kier molecular flexibility index (Phi) is 4.15. The third-order valence-electron chi connectivity index (χ3n) is 3.87. The molecule has 1 fully saturated rings. The zero-order valence-electron chi connectivity index (χ0n) is 12.0. The fraction of sp³-hybridized carbons (Fsp3) is 0.400. The van der Waals surface area contributed by atoms with Crippen molar-refractivity contribution in [3.63, 3.8) is 0 Å². The van der Waals surface area contributed by atoms with E-state index in [9.17, 15) is 9.18 Å². The smallest absolute Gasteiger partial charge is 0.315 e. The van der Waals surface area contributed by atoms with Gasteiger partial charge in [0.2, 0.25) is 0 Å². The van der Waals surface area contributed by atoms with E-state index in [0.29, 0.717) is 12.4 Å². The van der Waals surface area contributed by atoms with Crippen LogP contribution in [0.5, 0.6) is 0 Å². The van der Waals surface area contributed by atoms with Gasteiger partial charge in [0.25, 0.3) is 0 Å². The number of halogens is 1. The van der Waals surface area contributed by atoms with Gasteiger partial charge in [-0.2, -0.15) is 4.98 Å². The predicted octanol–water partition coefficient (Wildman–Crippen LogP) is 2.03. The fourth-order valence-electron chi connectivity index (χ4n) is 2.87. The molecule has 2 heterocycles. The molecule has 0 unspecified atom stereocenters. The Morgan fingerprint density at radius 3 is 3.05 bits per heavy atom. The van der Waals surface area contributed by atoms with Crippen LogP contribution in [0.25, 0.3) is 0 Å². The predicted molar refractivity (Wildman–Crippen MR) is 76.2 cm³/mol. The summed E-state index contributed by atoms with van der Waals surface area (Å²) < 4.78 is 18.3. The Hall–Kier alpha value is -2.28. The summed E-state index contributed by atoms with van der Waals surface area (Å²) in [5, 5.41) is 3.77. The van der Waals surface area contributed by atoms with Gasteiger partial charge >= 0.3 is 11.8 Å². The summed E-state index contributed by atoms with van der Waals surface area (Å²) in [6.45, 7) is 1.31. The molecule has 1 atom stereocenters. The third kappa shape index (κ3) is 3.14. The van der Waals surface area contributed by atoms with Crippen molar-refractivity contribution in [2.24, 2.45) is 5.73 Å². The van der Waals surface area contributed by atoms with Crippen LogP contribution < -0.4 is 5.73 Å². The second-order valence-corrected chi connectivity index (χ2v) is 5.42. The number of nitrogens with two attached hydrogens (primary N) is 1. The zero-order chi connectivity index (χ0) is 15.5. The van der Waals surface area contributed by atoms with E-state index in [2.05, 4.69) is 15.0 Å². The van der Waals surface area contributed by atoms with Gasteiger partial charge in [0, 0.05) is 6.04 Å². The number of hydrogen-bond acceptors (Lipinski definition) is 5. The molecule has 7 heteroatoms. The summed E-state index contributed by atoms with van der Waals surface area (Å²) in [5.74, 6) is -0.746. The number of benzene rings is 1. The highest BCUT2D eigenvalue weighted by Crippen LogP contribution is 2.32. The molecule has 1 aromatic carbocycles. The summed E-state index contributed by atoms with van der Waals surface area (Å²) in [6.07, 6.45) is 3.10. The maximum absolute atomic E-state index is 13.5. The van der Waals surface area contributed by atoms with E-state index in [1.165, 1.54) is 6.07 Å². The Bertz CT molecular complexity index is 673. The van der Waals surface area contributed by atoms with E-state index in [4.69, 9.17) is 10.3 Å². The van der Waals surface area contributed by atoms with Crippen molar-refractivity contribution in [2.45, 2.75) is 31.8 Å². The van der Waals surface area contributed by atoms with Gasteiger partial charge in [-0.05, 0) is 37.1 Å². The van der Waals surface area contributed by atoms with E-state index in [-0.39, 0.29) is 17.7 Å². The lowest BCUT2D eigenvalue weighted by Crippen LogP contribution is -2.33. The van der Waals surface area contributed by atoms with Crippen LogP contribution in [0, 0.1) is 5.82 Å². The zero-order valence-corrected chi connectivity index (χ0v) is 12.0. The number of carbonyl (C=O) groups is 1. The van der Waals surface area contributed by atoms with Crippen LogP contribution in [0.4, 0.5) is 4.39 Å². The van der Waals surface area contributed by atoms with Crippen LogP contribution in [0.1, 0.15) is 47.4 Å². The number of piperidine rings is 1. The molecule has 0 spiro atoms. The molecule has 0 saturated carbocycles. The van der Waals surface area contributed by atoms with Crippen molar-refractivity contribution >= 4 is 5.91 Å². The molecule has 22 heavy (non-hydrogen) atoms. The molecule has 2 aromatic rings. The van der Waals surface area contributed by atoms with Gasteiger partial charge in [-0.3, -0.25) is 9.69 Å². The molecule has 1 saturated heterocycles. The highest BCUT2D eigenvalue weighted by Gasteiger charge is 2.26. The largest absolute Gasteiger partial charge is 0.361 e. The van der Waals surface area contributed by atoms with Crippen molar-refractivity contribution < 1.29 is 13.7 Å². The van der Waals surface area contributed by atoms with Gasteiger partial charge in [-0.25, -0.2) is 4.39 Å². The molecule has 1 aliphatic heterocycles. The lowest BCUT2D eigenvalue weighted by molar-refractivity contribution is 0.0958. The minimum atomic E-state index is -0.737. The monoisotopic (exact) mass is 304 g/mol. The first-order valence-electron chi connectivity index (χ1n) is 7.25. The van der Waals surface area contributed by atoms with E-state index < -0.39 is 5.91 Å². The molecule has 0 bridgehead atoms. The number of carbonyl (C=O) groups excluding carboxylic acids is 1. The van der Waals surface area contributed by atoms with Gasteiger partial charge in [-0.15, -0.1) is 0 Å². The summed E-state index contributed by atoms with van der Waals surface area (Å²) in [7, 11) is 0. The van der Waals surface area contributed by atoms with Crippen LogP contribution in [-0.4, -0.2) is 27.5 Å². The maximum Gasteiger partial charge on any atom is 0.315 e. The molecule has 1 aliphatic rings. The van der Waals surface area contributed by atoms with Crippen molar-refractivity contribution in [3.05, 3.63) is 47.4 Å². The number of primary amides is 1. The van der Waals surface area contributed by atoms with E-state index in [0.717, 1.165) is 31.4 Å². The van der Waals surface area contributed by atoms with Gasteiger partial charge in [0.05, 0.1) is 6.54 Å². The van der Waals surface area contributed by atoms with E-state index in [1.54, 1.807) is 12.1 Å². The normalized spacial score (nSPS) is 19.2. The second kappa shape index (κ2) is 6.23. The van der Waals surface area contributed by atoms with Crippen LogP contribution in [0.2, 0.25) is 0 Å². The standard InChI is InChI=1S/C15H17FN4O2/c16-11-5-3-4-10(8-11)12-6-1-2-7-20(12)9-13-18-15(14(17)21)22-19-13/h3-5,8,12H,1-2,6-7,9H2,(H2,17,21)/t12-/m0/s1. The molecule has 0 aliphatic carbocycles. The summed E-state index contributed by atoms with van der Waals surface area (Å²) in [5.41, 5.74) is 6.05. The van der Waals surface area contributed by atoms with Crippen molar-refractivity contribution in [3.8, 4) is 0 Å². The van der Waals surface area contributed by atoms with Crippen molar-refractivity contribution in [1.29, 1.82) is 0 Å². The topological polar surface area (TPSA) is 85.3 Å². The number of aromatic nitrogens is 2. The Morgan fingerprint density at radius 2 is 2.32 bits per heavy atom. The minimum Gasteiger partial charge on any atom is -0.361 e. The molecule has 2 N–H and O–H groups in total. The average Bonchev–Trinajstić information content (AvgIpc) is 2.97. The molecule has 1 aromatic heterocycles. The van der Waals surface area contributed by atoms with Gasteiger partial charge < -0.3 is 10.3 Å². The Balaban J connectivity index is 1.78. The number of amides is 1. The molecular weight excluding hydrogens is 287 g/mol. The maximum atomic E-state index is 13.5. The number of likely N-dealkylation sites (tertiary alicyclic amines) is 1. The Labute approximate surface area is 127 Å². The molecule has 6 nitrogen and oxygen atoms in total. The quantitative estimate of drug-likeness (QED) is 0.934. The third-order valence-corrected chi connectivity index (χ3v) is 3.87. The number of hydrogen-bond donors (Lipinski definition) is 1. The minimum absolute atomic E-state index is 0.111. The lowest BCUT2D eigenvalue weighted by Gasteiger charge is -2.35. The van der Waals surface area contributed by atoms with Crippen LogP contribution in [-0.2, 0) is 6.54 Å². The number of nitrogens with zero attached hydrogens (tertiary/aromatic N) is 3. The Morgan fingerprint density at radius 1 is 1.45 bits per heavy atom. The van der Waals surface area contributed by atoms with E-state index >= 15 is 0 Å². The molecule has 1 amide bonds. The summed E-state index contributed by atoms with van der Waals surface area (Å²) >= 11 is 0. The average molecular weight is 304 g/mol. The first-order valence-corrected chi connectivity index (χ1v) is 7.25. The first-order chi connectivity index (χ1) is 10.6. The van der Waals surface area contributed by atoms with Gasteiger partial charge in [-0.1, -0.05) is 23.7 Å². The number of rotatable bonds is 4. The van der Waals surface area contributed by atoms with Crippen molar-refractivity contribution in [1.82, 2.24) is 15.0 Å². The highest BCUT2D eigenvalue weighted by molar-refractivity contribution is 5.87. The van der Waals surface area contributed by atoms with E-state index in [1.807, 2.05) is 6.07 Å². The van der Waals surface area contributed by atoms with Crippen LogP contribution >= 0.6 is 0 Å². The first kappa shape index (κ1) is 14.6. The van der Waals surface area contributed by atoms with Crippen LogP contribution in [0.15, 0.2) is 28.8 Å². The van der Waals surface area contributed by atoms with Crippen LogP contribution in [0.3, 0.4) is 0 Å². The molecular formula is C15H17FN4O2. The fourth-order valence-corrected chi connectivity index (χ4v) is 2.87. The summed E-state index contributed by atoms with van der Waals surface area (Å²) in [6, 6.07) is 6.76. The second-order valence-electron chi connectivity index (χ2n) is 5.42. The van der Waals surface area contributed by atoms with Gasteiger partial charge in [0.15, 0.2) is 5.82 Å². The molecule has 0 radical (unpaired) electrons. The van der Waals surface area contributed by atoms with Gasteiger partial charge in [0.1, 0.15) is 5.82 Å².